The summed E-state index contributed by atoms with van der Waals surface area (Å²) < 4.78 is 42.0. The zero-order valence-electron chi connectivity index (χ0n) is 18.8. The van der Waals surface area contributed by atoms with Crippen LogP contribution in [-0.4, -0.2) is 66.3 Å². The molecule has 0 aliphatic carbocycles. The molecule has 188 valence electrons. The number of anilines is 1. The van der Waals surface area contributed by atoms with Gasteiger partial charge in [-0.1, -0.05) is 18.5 Å². The van der Waals surface area contributed by atoms with Crippen LogP contribution in [0.25, 0.3) is 0 Å². The third-order valence-electron chi connectivity index (χ3n) is 4.79. The number of nitrogens with zero attached hydrogens (tertiary/aromatic N) is 2. The van der Waals surface area contributed by atoms with Crippen molar-refractivity contribution in [1.82, 2.24) is 14.6 Å². The monoisotopic (exact) mass is 520 g/mol. The Morgan fingerprint density at radius 1 is 1.24 bits per heavy atom. The van der Waals surface area contributed by atoms with Crippen molar-refractivity contribution in [2.24, 2.45) is 0 Å². The van der Waals surface area contributed by atoms with Gasteiger partial charge in [-0.15, -0.1) is 0 Å². The lowest BCUT2D eigenvalue weighted by atomic mass is 10.2. The zero-order valence-corrected chi connectivity index (χ0v) is 20.4. The fourth-order valence-corrected chi connectivity index (χ4v) is 3.88. The molecule has 1 heterocycles. The Balaban J connectivity index is 1.96. The maximum Gasteiger partial charge on any atom is 0.346 e. The number of benzene rings is 1. The van der Waals surface area contributed by atoms with Crippen LogP contribution in [0, 0.1) is 11.6 Å². The summed E-state index contributed by atoms with van der Waals surface area (Å²) in [5.74, 6) is -2.88. The minimum absolute atomic E-state index is 0.0662. The van der Waals surface area contributed by atoms with Gasteiger partial charge in [0.25, 0.3) is 0 Å². The predicted molar refractivity (Wildman–Crippen MR) is 125 cm³/mol. The Labute approximate surface area is 205 Å². The molecular weight excluding hydrogens is 494 g/mol. The highest BCUT2D eigenvalue weighted by molar-refractivity contribution is 7.11. The van der Waals surface area contributed by atoms with Crippen molar-refractivity contribution < 1.29 is 33.0 Å². The Hall–Kier alpha value is -2.54. The van der Waals surface area contributed by atoms with Crippen LogP contribution in [-0.2, 0) is 11.3 Å². The van der Waals surface area contributed by atoms with Gasteiger partial charge in [-0.05, 0) is 49.6 Å². The minimum Gasteiger partial charge on any atom is -0.471 e. The summed E-state index contributed by atoms with van der Waals surface area (Å²) in [6.45, 7) is 4.19. The summed E-state index contributed by atoms with van der Waals surface area (Å²) in [6, 6.07) is 1.32. The maximum absolute atomic E-state index is 14.0. The van der Waals surface area contributed by atoms with Crippen LogP contribution in [0.5, 0.6) is 5.88 Å². The number of carbonyl (C=O) groups excluding carboxylic acids is 2. The van der Waals surface area contributed by atoms with Gasteiger partial charge in [0, 0.05) is 18.1 Å². The number of nitrogens with one attached hydrogen (secondary N) is 2. The summed E-state index contributed by atoms with van der Waals surface area (Å²) in [7, 11) is 1.14. The number of hydrogen-bond acceptors (Lipinski definition) is 8. The Bertz CT molecular complexity index is 956. The summed E-state index contributed by atoms with van der Waals surface area (Å²) in [6.07, 6.45) is 1.55. The van der Waals surface area contributed by atoms with Gasteiger partial charge in [-0.2, -0.15) is 4.37 Å². The lowest BCUT2D eigenvalue weighted by Crippen LogP contribution is -2.31. The fraction of sp³-hybridized carbons (Fsp3) is 0.476. The molecule has 0 aliphatic rings. The van der Waals surface area contributed by atoms with E-state index in [-0.39, 0.29) is 33.6 Å². The number of likely N-dealkylation sites (N-methyl/N-ethyl adjacent to an activating group) is 1. The van der Waals surface area contributed by atoms with E-state index in [2.05, 4.69) is 19.9 Å². The lowest BCUT2D eigenvalue weighted by Gasteiger charge is -2.18. The average Bonchev–Trinajstić information content (AvgIpc) is 3.18. The van der Waals surface area contributed by atoms with Crippen LogP contribution in [0.15, 0.2) is 12.1 Å². The number of hydrogen-bond donors (Lipinski definition) is 3. The second-order valence-electron chi connectivity index (χ2n) is 7.07. The molecule has 3 N–H and O–H groups in total. The number of esters is 1. The number of halogens is 3. The largest absolute Gasteiger partial charge is 0.471 e. The third kappa shape index (κ3) is 8.05. The molecule has 0 spiro atoms. The van der Waals surface area contributed by atoms with Crippen molar-refractivity contribution >= 4 is 40.1 Å². The molecule has 0 saturated carbocycles. The first-order chi connectivity index (χ1) is 16.3. The second kappa shape index (κ2) is 14.0. The highest BCUT2D eigenvalue weighted by atomic mass is 35.5. The van der Waals surface area contributed by atoms with Gasteiger partial charge in [0.2, 0.25) is 5.88 Å². The van der Waals surface area contributed by atoms with Gasteiger partial charge in [-0.3, -0.25) is 5.32 Å². The molecule has 1 aromatic heterocycles. The number of amides is 2. The summed E-state index contributed by atoms with van der Waals surface area (Å²) >= 11 is 6.38. The lowest BCUT2D eigenvalue weighted by molar-refractivity contribution is 0.0596. The first-order valence-corrected chi connectivity index (χ1v) is 11.7. The number of rotatable bonds is 13. The first kappa shape index (κ1) is 27.7. The second-order valence-corrected chi connectivity index (χ2v) is 8.28. The number of methoxy groups -OCH3 is 1. The Kier molecular flexibility index (Phi) is 11.4. The van der Waals surface area contributed by atoms with E-state index >= 15 is 0 Å². The van der Waals surface area contributed by atoms with E-state index in [0.717, 1.165) is 50.3 Å². The van der Waals surface area contributed by atoms with E-state index in [4.69, 9.17) is 26.2 Å². The van der Waals surface area contributed by atoms with Crippen molar-refractivity contribution in [1.29, 1.82) is 0 Å². The number of aliphatic hydroxyl groups excluding tert-OH is 1. The molecule has 2 amide bonds. The van der Waals surface area contributed by atoms with Crippen LogP contribution in [0.1, 0.15) is 35.7 Å². The minimum atomic E-state index is -0.906. The van der Waals surface area contributed by atoms with Crippen molar-refractivity contribution in [3.63, 3.8) is 0 Å². The zero-order chi connectivity index (χ0) is 25.1. The quantitative estimate of drug-likeness (QED) is 0.273. The molecule has 9 nitrogen and oxygen atoms in total. The molecule has 2 rings (SSSR count). The van der Waals surface area contributed by atoms with Crippen LogP contribution < -0.4 is 15.4 Å². The van der Waals surface area contributed by atoms with E-state index in [1.54, 1.807) is 0 Å². The molecule has 1 aromatic carbocycles. The standard InChI is InChI=1S/C21H27ClF2N4O5S/c1-3-28(8-9-29)7-5-4-6-25-21(31)26-19-17(20(30)32-2)18(27-34-19)33-12-14-15(23)10-13(22)11-16(14)24/h10-11,29H,3-9,12H2,1-2H3,(H2,25,26,31). The molecule has 0 fully saturated rings. The molecule has 34 heavy (non-hydrogen) atoms. The molecule has 2 aromatic rings. The van der Waals surface area contributed by atoms with Gasteiger partial charge < -0.3 is 24.8 Å². The topological polar surface area (TPSA) is 113 Å². The smallest absolute Gasteiger partial charge is 0.346 e. The third-order valence-corrected chi connectivity index (χ3v) is 5.75. The SMILES string of the molecule is CCN(CCO)CCCCNC(=O)Nc1snc(OCc2c(F)cc(Cl)cc2F)c1C(=O)OC. The number of aromatic nitrogens is 1. The molecule has 13 heteroatoms. The molecule has 0 unspecified atom stereocenters. The number of urea groups is 1. The van der Waals surface area contributed by atoms with Crippen molar-refractivity contribution in [3.05, 3.63) is 39.9 Å². The van der Waals surface area contributed by atoms with E-state index < -0.39 is 30.2 Å². The van der Waals surface area contributed by atoms with Crippen LogP contribution in [0.2, 0.25) is 5.02 Å². The molecule has 0 saturated heterocycles. The van der Waals surface area contributed by atoms with Crippen LogP contribution in [0.3, 0.4) is 0 Å². The average molecular weight is 521 g/mol. The number of ether oxygens (including phenoxy) is 2. The van der Waals surface area contributed by atoms with Gasteiger partial charge in [0.1, 0.15) is 23.2 Å². The van der Waals surface area contributed by atoms with E-state index in [0.29, 0.717) is 19.5 Å². The van der Waals surface area contributed by atoms with Gasteiger partial charge in [-0.25, -0.2) is 18.4 Å². The number of unbranched alkanes of at least 4 members (excludes halogenated alkanes) is 1. The molecule has 0 atom stereocenters. The summed E-state index contributed by atoms with van der Waals surface area (Å²) in [5.41, 5.74) is -0.555. The van der Waals surface area contributed by atoms with Crippen LogP contribution in [0.4, 0.5) is 18.6 Å². The highest BCUT2D eigenvalue weighted by Gasteiger charge is 2.25. The number of aliphatic hydroxyl groups is 1. The van der Waals surface area contributed by atoms with Gasteiger partial charge in [0.05, 0.1) is 19.3 Å². The van der Waals surface area contributed by atoms with E-state index in [1.165, 1.54) is 0 Å². The molecule has 0 bridgehead atoms. The Morgan fingerprint density at radius 2 is 1.94 bits per heavy atom. The fourth-order valence-electron chi connectivity index (χ4n) is 2.97. The summed E-state index contributed by atoms with van der Waals surface area (Å²) in [4.78, 5) is 26.6. The van der Waals surface area contributed by atoms with E-state index in [1.807, 2.05) is 6.92 Å². The molecular formula is C21H27ClF2N4O5S. The van der Waals surface area contributed by atoms with Gasteiger partial charge in [0.15, 0.2) is 5.56 Å². The molecule has 0 radical (unpaired) electrons. The Morgan fingerprint density at radius 3 is 2.56 bits per heavy atom. The van der Waals surface area contributed by atoms with Crippen molar-refractivity contribution in [3.8, 4) is 5.88 Å². The molecule has 0 aliphatic heterocycles. The van der Waals surface area contributed by atoms with Gasteiger partial charge >= 0.3 is 12.0 Å². The maximum atomic E-state index is 14.0. The highest BCUT2D eigenvalue weighted by Crippen LogP contribution is 2.32. The van der Waals surface area contributed by atoms with Crippen LogP contribution >= 0.6 is 23.1 Å². The number of carbonyl (C=O) groups is 2. The predicted octanol–water partition coefficient (Wildman–Crippen LogP) is 3.66. The normalized spacial score (nSPS) is 10.9. The van der Waals surface area contributed by atoms with E-state index in [9.17, 15) is 18.4 Å². The first-order valence-electron chi connectivity index (χ1n) is 10.5. The van der Waals surface area contributed by atoms with Crippen molar-refractivity contribution in [2.45, 2.75) is 26.4 Å². The van der Waals surface area contributed by atoms with Crippen molar-refractivity contribution in [2.75, 3.05) is 45.2 Å². The summed E-state index contributed by atoms with van der Waals surface area (Å²) in [5, 5.41) is 14.2.